The molecule has 2 rings (SSSR count). The third-order valence-corrected chi connectivity index (χ3v) is 2.59. The van der Waals surface area contributed by atoms with E-state index >= 15 is 0 Å². The van der Waals surface area contributed by atoms with Crippen LogP contribution in [0.25, 0.3) is 6.08 Å². The number of hydrogen-bond acceptors (Lipinski definition) is 4. The van der Waals surface area contributed by atoms with Crippen molar-refractivity contribution in [1.29, 1.82) is 5.26 Å². The summed E-state index contributed by atoms with van der Waals surface area (Å²) in [6, 6.07) is 13.0. The van der Waals surface area contributed by atoms with Gasteiger partial charge in [0.05, 0.1) is 0 Å². The van der Waals surface area contributed by atoms with Crippen LogP contribution in [0.3, 0.4) is 0 Å². The van der Waals surface area contributed by atoms with E-state index in [4.69, 9.17) is 9.78 Å². The van der Waals surface area contributed by atoms with Gasteiger partial charge in [-0.3, -0.25) is 4.79 Å². The van der Waals surface area contributed by atoms with Crippen molar-refractivity contribution in [1.82, 2.24) is 5.16 Å². The van der Waals surface area contributed by atoms with E-state index < -0.39 is 5.91 Å². The number of hydrogen-bond donors (Lipinski definition) is 1. The quantitative estimate of drug-likeness (QED) is 0.530. The summed E-state index contributed by atoms with van der Waals surface area (Å²) < 4.78 is 4.84. The molecule has 104 valence electrons. The zero-order valence-corrected chi connectivity index (χ0v) is 11.4. The highest BCUT2D eigenvalue weighted by Crippen LogP contribution is 2.09. The average Bonchev–Trinajstić information content (AvgIpc) is 2.89. The molecule has 0 unspecified atom stereocenters. The molecule has 0 radical (unpaired) electrons. The second kappa shape index (κ2) is 6.87. The van der Waals surface area contributed by atoms with E-state index in [2.05, 4.69) is 10.5 Å². The van der Waals surface area contributed by atoms with Crippen LogP contribution in [0.4, 0.5) is 5.82 Å². The van der Waals surface area contributed by atoms with Gasteiger partial charge in [0.25, 0.3) is 5.91 Å². The van der Waals surface area contributed by atoms with E-state index in [1.165, 1.54) is 6.08 Å². The number of carbonyl (C=O) groups is 1. The Morgan fingerprint density at radius 1 is 1.38 bits per heavy atom. The van der Waals surface area contributed by atoms with Crippen LogP contribution in [0.1, 0.15) is 11.3 Å². The molecule has 1 aromatic heterocycles. The third-order valence-electron chi connectivity index (χ3n) is 2.59. The molecule has 0 fully saturated rings. The summed E-state index contributed by atoms with van der Waals surface area (Å²) in [4.78, 5) is 11.9. The largest absolute Gasteiger partial charge is 0.360 e. The molecule has 0 aliphatic carbocycles. The maximum absolute atomic E-state index is 11.9. The maximum atomic E-state index is 11.9. The number of nitrogens with zero attached hydrogens (tertiary/aromatic N) is 2. The highest BCUT2D eigenvalue weighted by Gasteiger charge is 2.10. The monoisotopic (exact) mass is 279 g/mol. The van der Waals surface area contributed by atoms with Crippen LogP contribution in [0.5, 0.6) is 0 Å². The second-order valence-electron chi connectivity index (χ2n) is 4.24. The summed E-state index contributed by atoms with van der Waals surface area (Å²) in [6.45, 7) is 1.71. The summed E-state index contributed by atoms with van der Waals surface area (Å²) in [6.07, 6.45) is 4.92. The van der Waals surface area contributed by atoms with Crippen molar-refractivity contribution in [3.63, 3.8) is 0 Å². The Balaban J connectivity index is 2.05. The molecule has 1 heterocycles. The van der Waals surface area contributed by atoms with Gasteiger partial charge in [0.1, 0.15) is 17.4 Å². The van der Waals surface area contributed by atoms with Gasteiger partial charge in [0.2, 0.25) is 0 Å². The lowest BCUT2D eigenvalue weighted by Crippen LogP contribution is -2.13. The van der Waals surface area contributed by atoms with Crippen LogP contribution < -0.4 is 5.32 Å². The SMILES string of the molecule is Cc1cc(NC(=O)/C(C#N)=C\C=C\c2ccccc2)no1. The lowest BCUT2D eigenvalue weighted by Gasteiger charge is -1.97. The van der Waals surface area contributed by atoms with Crippen LogP contribution in [-0.4, -0.2) is 11.1 Å². The summed E-state index contributed by atoms with van der Waals surface area (Å²) >= 11 is 0. The van der Waals surface area contributed by atoms with E-state index in [1.807, 2.05) is 42.5 Å². The van der Waals surface area contributed by atoms with Crippen molar-refractivity contribution < 1.29 is 9.32 Å². The first-order chi connectivity index (χ1) is 10.2. The zero-order valence-electron chi connectivity index (χ0n) is 11.4. The number of aryl methyl sites for hydroxylation is 1. The zero-order chi connectivity index (χ0) is 15.1. The Kier molecular flexibility index (Phi) is 4.67. The van der Waals surface area contributed by atoms with Gasteiger partial charge in [-0.1, -0.05) is 47.6 Å². The fourth-order valence-corrected chi connectivity index (χ4v) is 1.59. The molecule has 1 amide bonds. The summed E-state index contributed by atoms with van der Waals surface area (Å²) in [7, 11) is 0. The highest BCUT2D eigenvalue weighted by molar-refractivity contribution is 6.06. The van der Waals surface area contributed by atoms with Crippen LogP contribution in [0.15, 0.2) is 58.6 Å². The molecule has 0 aliphatic heterocycles. The standard InChI is InChI=1S/C16H13N3O2/c1-12-10-15(19-21-12)18-16(20)14(11-17)9-5-8-13-6-3-2-4-7-13/h2-10H,1H3,(H,18,19,20)/b8-5+,14-9-. The molecule has 1 N–H and O–H groups in total. The molecule has 5 heteroatoms. The van der Waals surface area contributed by atoms with Crippen LogP contribution in [-0.2, 0) is 4.79 Å². The number of rotatable bonds is 4. The van der Waals surface area contributed by atoms with E-state index in [9.17, 15) is 4.79 Å². The Labute approximate surface area is 122 Å². The van der Waals surface area contributed by atoms with Crippen molar-refractivity contribution in [2.75, 3.05) is 5.32 Å². The van der Waals surface area contributed by atoms with Gasteiger partial charge in [-0.15, -0.1) is 0 Å². The first-order valence-corrected chi connectivity index (χ1v) is 6.27. The number of aromatic nitrogens is 1. The molecular formula is C16H13N3O2. The predicted octanol–water partition coefficient (Wildman–Crippen LogP) is 3.08. The summed E-state index contributed by atoms with van der Waals surface area (Å²) in [5, 5.41) is 15.2. The van der Waals surface area contributed by atoms with E-state index in [0.29, 0.717) is 5.76 Å². The lowest BCUT2D eigenvalue weighted by molar-refractivity contribution is -0.112. The van der Waals surface area contributed by atoms with E-state index in [0.717, 1.165) is 5.56 Å². The third kappa shape index (κ3) is 4.18. The van der Waals surface area contributed by atoms with E-state index in [-0.39, 0.29) is 11.4 Å². The Hall–Kier alpha value is -3.13. The average molecular weight is 279 g/mol. The minimum absolute atomic E-state index is 0.0113. The fraction of sp³-hybridized carbons (Fsp3) is 0.0625. The first-order valence-electron chi connectivity index (χ1n) is 6.27. The lowest BCUT2D eigenvalue weighted by atomic mass is 10.2. The van der Waals surface area contributed by atoms with Gasteiger partial charge in [-0.05, 0) is 18.6 Å². The van der Waals surface area contributed by atoms with Crippen molar-refractivity contribution >= 4 is 17.8 Å². The van der Waals surface area contributed by atoms with Crippen LogP contribution >= 0.6 is 0 Å². The molecule has 5 nitrogen and oxygen atoms in total. The number of amides is 1. The van der Waals surface area contributed by atoms with Gasteiger partial charge in [0, 0.05) is 6.07 Å². The Morgan fingerprint density at radius 3 is 2.76 bits per heavy atom. The molecule has 0 atom stereocenters. The number of allylic oxidation sites excluding steroid dienone is 2. The van der Waals surface area contributed by atoms with Crippen molar-refractivity contribution in [2.24, 2.45) is 0 Å². The number of nitrogens with one attached hydrogen (secondary N) is 1. The topological polar surface area (TPSA) is 78.9 Å². The number of anilines is 1. The van der Waals surface area contributed by atoms with E-state index in [1.54, 1.807) is 19.1 Å². The molecule has 0 spiro atoms. The molecule has 2 aromatic rings. The van der Waals surface area contributed by atoms with Gasteiger partial charge in [-0.2, -0.15) is 5.26 Å². The number of benzene rings is 1. The Morgan fingerprint density at radius 2 is 2.14 bits per heavy atom. The molecule has 21 heavy (non-hydrogen) atoms. The van der Waals surface area contributed by atoms with Gasteiger partial charge < -0.3 is 9.84 Å². The van der Waals surface area contributed by atoms with Crippen molar-refractivity contribution in [2.45, 2.75) is 6.92 Å². The number of nitriles is 1. The summed E-state index contributed by atoms with van der Waals surface area (Å²) in [5.41, 5.74) is 0.974. The van der Waals surface area contributed by atoms with Crippen LogP contribution in [0.2, 0.25) is 0 Å². The molecule has 0 saturated carbocycles. The smallest absolute Gasteiger partial charge is 0.267 e. The first kappa shape index (κ1) is 14.3. The molecular weight excluding hydrogens is 266 g/mol. The minimum atomic E-state index is -0.525. The summed E-state index contributed by atoms with van der Waals surface area (Å²) in [5.74, 6) is 0.339. The van der Waals surface area contributed by atoms with Gasteiger partial charge >= 0.3 is 0 Å². The molecule has 0 bridgehead atoms. The normalized spacial score (nSPS) is 11.3. The second-order valence-corrected chi connectivity index (χ2v) is 4.24. The maximum Gasteiger partial charge on any atom is 0.267 e. The van der Waals surface area contributed by atoms with Gasteiger partial charge in [0.15, 0.2) is 5.82 Å². The molecule has 0 aliphatic rings. The fourth-order valence-electron chi connectivity index (χ4n) is 1.59. The molecule has 0 saturated heterocycles. The predicted molar refractivity (Wildman–Crippen MR) is 79.0 cm³/mol. The van der Waals surface area contributed by atoms with Crippen molar-refractivity contribution in [3.05, 3.63) is 65.4 Å². The van der Waals surface area contributed by atoms with Crippen LogP contribution in [0, 0.1) is 18.3 Å². The Bertz CT molecular complexity index is 721. The highest BCUT2D eigenvalue weighted by atomic mass is 16.5. The minimum Gasteiger partial charge on any atom is -0.360 e. The molecule has 1 aromatic carbocycles. The number of carbonyl (C=O) groups excluding carboxylic acids is 1. The van der Waals surface area contributed by atoms with Gasteiger partial charge in [-0.25, -0.2) is 0 Å². The van der Waals surface area contributed by atoms with Crippen molar-refractivity contribution in [3.8, 4) is 6.07 Å².